The lowest BCUT2D eigenvalue weighted by Crippen LogP contribution is -2.22. The van der Waals surface area contributed by atoms with Gasteiger partial charge in [0.1, 0.15) is 0 Å². The van der Waals surface area contributed by atoms with Crippen molar-refractivity contribution in [1.82, 2.24) is 10.3 Å². The predicted octanol–water partition coefficient (Wildman–Crippen LogP) is 1.92. The van der Waals surface area contributed by atoms with Crippen molar-refractivity contribution in [1.29, 1.82) is 0 Å². The molecule has 0 bridgehead atoms. The number of primary amides is 1. The van der Waals surface area contributed by atoms with Crippen molar-refractivity contribution in [3.05, 3.63) is 29.0 Å². The monoisotopic (exact) mass is 298 g/mol. The molecule has 116 valence electrons. The van der Waals surface area contributed by atoms with Crippen LogP contribution in [0.1, 0.15) is 40.9 Å². The molecule has 1 saturated heterocycles. The summed E-state index contributed by atoms with van der Waals surface area (Å²) in [4.78, 5) is 15.2. The second-order valence-electron chi connectivity index (χ2n) is 6.40. The molecule has 1 fully saturated rings. The van der Waals surface area contributed by atoms with Gasteiger partial charge < -0.3 is 21.4 Å². The van der Waals surface area contributed by atoms with Gasteiger partial charge in [0.05, 0.1) is 11.1 Å². The van der Waals surface area contributed by atoms with Gasteiger partial charge in [0.25, 0.3) is 5.91 Å². The molecule has 0 radical (unpaired) electrons. The molecule has 5 nitrogen and oxygen atoms in total. The SMILES string of the molecule is NC(=O)c1ccc(N[C@H]2CCNC2)c2c3c([nH]c12)CCCC3. The van der Waals surface area contributed by atoms with Crippen LogP contribution in [-0.2, 0) is 12.8 Å². The van der Waals surface area contributed by atoms with Gasteiger partial charge in [0.2, 0.25) is 0 Å². The Bertz CT molecular complexity index is 728. The molecular weight excluding hydrogens is 276 g/mol. The Morgan fingerprint density at radius 1 is 1.27 bits per heavy atom. The number of fused-ring (bicyclic) bond motifs is 3. The minimum atomic E-state index is -0.363. The first kappa shape index (κ1) is 13.6. The molecule has 1 aliphatic heterocycles. The highest BCUT2D eigenvalue weighted by Gasteiger charge is 2.23. The first-order valence-electron chi connectivity index (χ1n) is 8.17. The number of anilines is 1. The number of H-pyrrole nitrogens is 1. The summed E-state index contributed by atoms with van der Waals surface area (Å²) in [6, 6.07) is 4.32. The first-order chi connectivity index (χ1) is 10.7. The molecule has 0 saturated carbocycles. The Balaban J connectivity index is 1.87. The number of nitrogens with two attached hydrogens (primary N) is 1. The van der Waals surface area contributed by atoms with E-state index < -0.39 is 0 Å². The molecule has 0 unspecified atom stereocenters. The number of aryl methyl sites for hydroxylation is 2. The third kappa shape index (κ3) is 2.16. The normalized spacial score (nSPS) is 21.0. The fourth-order valence-electron chi connectivity index (χ4n) is 3.84. The van der Waals surface area contributed by atoms with Crippen LogP contribution in [0.4, 0.5) is 5.69 Å². The van der Waals surface area contributed by atoms with Crippen LogP contribution < -0.4 is 16.4 Å². The molecule has 1 amide bonds. The van der Waals surface area contributed by atoms with E-state index in [2.05, 4.69) is 15.6 Å². The molecular formula is C17H22N4O. The topological polar surface area (TPSA) is 82.9 Å². The van der Waals surface area contributed by atoms with E-state index in [0.717, 1.165) is 43.6 Å². The Hall–Kier alpha value is -2.01. The zero-order valence-electron chi connectivity index (χ0n) is 12.7. The number of nitrogens with one attached hydrogen (secondary N) is 3. The van der Waals surface area contributed by atoms with Crippen LogP contribution in [0.3, 0.4) is 0 Å². The summed E-state index contributed by atoms with van der Waals surface area (Å²) in [5.41, 5.74) is 10.9. The Kier molecular flexibility index (Phi) is 3.30. The van der Waals surface area contributed by atoms with Gasteiger partial charge in [-0.15, -0.1) is 0 Å². The van der Waals surface area contributed by atoms with Crippen molar-refractivity contribution in [3.8, 4) is 0 Å². The van der Waals surface area contributed by atoms with Gasteiger partial charge >= 0.3 is 0 Å². The quantitative estimate of drug-likeness (QED) is 0.698. The smallest absolute Gasteiger partial charge is 0.250 e. The van der Waals surface area contributed by atoms with E-state index in [0.29, 0.717) is 11.6 Å². The minimum Gasteiger partial charge on any atom is -0.380 e. The van der Waals surface area contributed by atoms with E-state index in [1.54, 1.807) is 0 Å². The van der Waals surface area contributed by atoms with Gasteiger partial charge in [-0.05, 0) is 56.3 Å². The number of aromatic nitrogens is 1. The van der Waals surface area contributed by atoms with Gasteiger partial charge in [-0.1, -0.05) is 0 Å². The summed E-state index contributed by atoms with van der Waals surface area (Å²) in [7, 11) is 0. The third-order valence-electron chi connectivity index (χ3n) is 4.94. The van der Waals surface area contributed by atoms with Gasteiger partial charge in [-0.2, -0.15) is 0 Å². The second-order valence-corrected chi connectivity index (χ2v) is 6.40. The fourth-order valence-corrected chi connectivity index (χ4v) is 3.84. The van der Waals surface area contributed by atoms with E-state index in [4.69, 9.17) is 5.73 Å². The van der Waals surface area contributed by atoms with Crippen molar-refractivity contribution in [2.75, 3.05) is 18.4 Å². The second kappa shape index (κ2) is 5.32. The Morgan fingerprint density at radius 3 is 2.91 bits per heavy atom. The Morgan fingerprint density at radius 2 is 2.14 bits per heavy atom. The lowest BCUT2D eigenvalue weighted by molar-refractivity contribution is 0.100. The number of carbonyl (C=O) groups is 1. The van der Waals surface area contributed by atoms with Crippen molar-refractivity contribution in [2.24, 2.45) is 5.73 Å². The van der Waals surface area contributed by atoms with Crippen LogP contribution in [0.25, 0.3) is 10.9 Å². The molecule has 5 heteroatoms. The highest BCUT2D eigenvalue weighted by Crippen LogP contribution is 2.36. The van der Waals surface area contributed by atoms with Gasteiger partial charge in [-0.25, -0.2) is 0 Å². The van der Waals surface area contributed by atoms with Crippen LogP contribution in [0.2, 0.25) is 0 Å². The molecule has 4 rings (SSSR count). The summed E-state index contributed by atoms with van der Waals surface area (Å²) < 4.78 is 0. The van der Waals surface area contributed by atoms with Crippen molar-refractivity contribution in [2.45, 2.75) is 38.1 Å². The maximum absolute atomic E-state index is 11.8. The molecule has 1 aromatic heterocycles. The number of amides is 1. The van der Waals surface area contributed by atoms with Crippen LogP contribution in [-0.4, -0.2) is 30.0 Å². The molecule has 5 N–H and O–H groups in total. The Labute approximate surface area is 129 Å². The maximum Gasteiger partial charge on any atom is 0.250 e. The fraction of sp³-hybridized carbons (Fsp3) is 0.471. The van der Waals surface area contributed by atoms with Crippen LogP contribution in [0.5, 0.6) is 0 Å². The summed E-state index contributed by atoms with van der Waals surface area (Å²) in [5.74, 6) is -0.363. The molecule has 22 heavy (non-hydrogen) atoms. The molecule has 2 aromatic rings. The molecule has 2 heterocycles. The maximum atomic E-state index is 11.8. The summed E-state index contributed by atoms with van der Waals surface area (Å²) in [6.07, 6.45) is 5.69. The number of hydrogen-bond acceptors (Lipinski definition) is 3. The summed E-state index contributed by atoms with van der Waals surface area (Å²) in [5, 5.41) is 8.21. The average molecular weight is 298 g/mol. The van der Waals surface area contributed by atoms with Crippen LogP contribution in [0.15, 0.2) is 12.1 Å². The van der Waals surface area contributed by atoms with Crippen molar-refractivity contribution < 1.29 is 4.79 Å². The predicted molar refractivity (Wildman–Crippen MR) is 88.4 cm³/mol. The number of rotatable bonds is 3. The highest BCUT2D eigenvalue weighted by atomic mass is 16.1. The van der Waals surface area contributed by atoms with Crippen LogP contribution in [0, 0.1) is 0 Å². The third-order valence-corrected chi connectivity index (χ3v) is 4.94. The highest BCUT2D eigenvalue weighted by molar-refractivity contribution is 6.10. The van der Waals surface area contributed by atoms with E-state index in [-0.39, 0.29) is 5.91 Å². The van der Waals surface area contributed by atoms with Crippen LogP contribution >= 0.6 is 0 Å². The van der Waals surface area contributed by atoms with Crippen molar-refractivity contribution >= 4 is 22.5 Å². The number of carbonyl (C=O) groups excluding carboxylic acids is 1. The van der Waals surface area contributed by atoms with E-state index >= 15 is 0 Å². The van der Waals surface area contributed by atoms with Gasteiger partial charge in [-0.3, -0.25) is 4.79 Å². The zero-order chi connectivity index (χ0) is 15.1. The minimum absolute atomic E-state index is 0.363. The molecule has 1 aliphatic carbocycles. The zero-order valence-corrected chi connectivity index (χ0v) is 12.7. The largest absolute Gasteiger partial charge is 0.380 e. The van der Waals surface area contributed by atoms with E-state index in [9.17, 15) is 4.79 Å². The van der Waals surface area contributed by atoms with Gasteiger partial charge in [0.15, 0.2) is 0 Å². The molecule has 1 atom stereocenters. The number of aromatic amines is 1. The van der Waals surface area contributed by atoms with E-state index in [1.165, 1.54) is 29.5 Å². The van der Waals surface area contributed by atoms with E-state index in [1.807, 2.05) is 12.1 Å². The standard InChI is InChI=1S/C17H22N4O/c18-17(22)12-5-6-14(20-10-7-8-19-9-10)15-11-3-1-2-4-13(11)21-16(12)15/h5-6,10,19-21H,1-4,7-9H2,(H2,18,22)/t10-/m0/s1. The first-order valence-corrected chi connectivity index (χ1v) is 8.17. The summed E-state index contributed by atoms with van der Waals surface area (Å²) in [6.45, 7) is 2.05. The van der Waals surface area contributed by atoms with Crippen molar-refractivity contribution in [3.63, 3.8) is 0 Å². The van der Waals surface area contributed by atoms with Gasteiger partial charge in [0, 0.05) is 29.4 Å². The molecule has 2 aliphatic rings. The lowest BCUT2D eigenvalue weighted by atomic mass is 9.94. The lowest BCUT2D eigenvalue weighted by Gasteiger charge is -2.17. The average Bonchev–Trinajstić information content (AvgIpc) is 3.14. The number of hydrogen-bond donors (Lipinski definition) is 4. The number of benzene rings is 1. The molecule has 0 spiro atoms. The molecule has 1 aromatic carbocycles. The summed E-state index contributed by atoms with van der Waals surface area (Å²) >= 11 is 0.